The van der Waals surface area contributed by atoms with E-state index in [1.807, 2.05) is 18.2 Å². The number of fused-ring (bicyclic) bond motifs is 1. The molecule has 2 heterocycles. The Bertz CT molecular complexity index is 1150. The molecule has 0 spiro atoms. The number of ether oxygens (including phenoxy) is 1. The van der Waals surface area contributed by atoms with Gasteiger partial charge in [-0.2, -0.15) is 0 Å². The van der Waals surface area contributed by atoms with E-state index in [-0.39, 0.29) is 17.8 Å². The van der Waals surface area contributed by atoms with E-state index in [0.29, 0.717) is 24.4 Å². The Hall–Kier alpha value is -3.50. The van der Waals surface area contributed by atoms with Crippen molar-refractivity contribution in [2.45, 2.75) is 13.1 Å². The molecule has 30 heavy (non-hydrogen) atoms. The molecule has 1 N–H and O–H groups in total. The van der Waals surface area contributed by atoms with Crippen LogP contribution in [0.25, 0.3) is 11.1 Å². The molecule has 1 saturated heterocycles. The zero-order chi connectivity index (χ0) is 21.1. The zero-order valence-corrected chi connectivity index (χ0v) is 16.1. The number of nitro groups is 1. The predicted octanol–water partition coefficient (Wildman–Crippen LogP) is 1.97. The Morgan fingerprint density at radius 1 is 1.17 bits per heavy atom. The number of rotatable bonds is 6. The normalized spacial score (nSPS) is 14.7. The molecule has 0 unspecified atom stereocenters. The van der Waals surface area contributed by atoms with Gasteiger partial charge in [0.05, 0.1) is 29.7 Å². The van der Waals surface area contributed by atoms with E-state index in [4.69, 9.17) is 9.15 Å². The zero-order valence-electron chi connectivity index (χ0n) is 16.1. The van der Waals surface area contributed by atoms with Crippen LogP contribution in [-0.2, 0) is 22.6 Å². The summed E-state index contributed by atoms with van der Waals surface area (Å²) in [6.45, 7) is 3.66. The van der Waals surface area contributed by atoms with Crippen LogP contribution in [0, 0.1) is 10.1 Å². The number of hydrogen-bond donors (Lipinski definition) is 1. The van der Waals surface area contributed by atoms with Crippen molar-refractivity contribution < 1.29 is 18.9 Å². The van der Waals surface area contributed by atoms with Gasteiger partial charge in [0.1, 0.15) is 6.54 Å². The summed E-state index contributed by atoms with van der Waals surface area (Å²) in [4.78, 5) is 37.2. The maximum absolute atomic E-state index is 12.5. The molecule has 156 valence electrons. The molecule has 1 fully saturated rings. The second kappa shape index (κ2) is 8.47. The second-order valence-electron chi connectivity index (χ2n) is 7.00. The van der Waals surface area contributed by atoms with Gasteiger partial charge in [0.2, 0.25) is 5.91 Å². The third kappa shape index (κ3) is 4.39. The Kier molecular flexibility index (Phi) is 5.59. The van der Waals surface area contributed by atoms with Gasteiger partial charge in [0, 0.05) is 31.4 Å². The number of nitro benzene ring substituents is 1. The molecule has 0 saturated carbocycles. The molecule has 1 aliphatic rings. The number of carbonyl (C=O) groups excluding carboxylic acids is 1. The maximum Gasteiger partial charge on any atom is 0.420 e. The lowest BCUT2D eigenvalue weighted by atomic mass is 10.2. The van der Waals surface area contributed by atoms with Gasteiger partial charge >= 0.3 is 5.76 Å². The van der Waals surface area contributed by atoms with Crippen molar-refractivity contribution >= 4 is 28.4 Å². The highest BCUT2D eigenvalue weighted by atomic mass is 16.6. The number of nitrogens with zero attached hydrogens (tertiary/aromatic N) is 3. The van der Waals surface area contributed by atoms with E-state index in [9.17, 15) is 19.7 Å². The summed E-state index contributed by atoms with van der Waals surface area (Å²) in [7, 11) is 0. The molecule has 1 amide bonds. The summed E-state index contributed by atoms with van der Waals surface area (Å²) < 4.78 is 11.6. The second-order valence-corrected chi connectivity index (χ2v) is 7.00. The molecule has 3 aromatic rings. The SMILES string of the molecule is O=C(Cn1c(=O)oc2cc([N+](=O)[O-])ccc21)Nc1cccc(CN2CCOCC2)c1. The van der Waals surface area contributed by atoms with Gasteiger partial charge in [-0.05, 0) is 23.8 Å². The van der Waals surface area contributed by atoms with Gasteiger partial charge in [-0.25, -0.2) is 4.79 Å². The van der Waals surface area contributed by atoms with E-state index in [2.05, 4.69) is 10.2 Å². The first-order valence-electron chi connectivity index (χ1n) is 9.46. The number of oxazole rings is 1. The van der Waals surface area contributed by atoms with Crippen molar-refractivity contribution in [2.24, 2.45) is 0 Å². The van der Waals surface area contributed by atoms with Gasteiger partial charge in [-0.15, -0.1) is 0 Å². The smallest absolute Gasteiger partial charge is 0.407 e. The Morgan fingerprint density at radius 2 is 1.97 bits per heavy atom. The van der Waals surface area contributed by atoms with Crippen LogP contribution < -0.4 is 11.1 Å². The van der Waals surface area contributed by atoms with Crippen LogP contribution in [0.3, 0.4) is 0 Å². The van der Waals surface area contributed by atoms with Crippen LogP contribution in [0.15, 0.2) is 51.7 Å². The lowest BCUT2D eigenvalue weighted by Crippen LogP contribution is -2.35. The van der Waals surface area contributed by atoms with Crippen molar-refractivity contribution in [1.29, 1.82) is 0 Å². The monoisotopic (exact) mass is 412 g/mol. The third-order valence-electron chi connectivity index (χ3n) is 4.89. The van der Waals surface area contributed by atoms with Crippen LogP contribution in [0.1, 0.15) is 5.56 Å². The largest absolute Gasteiger partial charge is 0.420 e. The van der Waals surface area contributed by atoms with Gasteiger partial charge in [0.15, 0.2) is 5.58 Å². The van der Waals surface area contributed by atoms with Crippen LogP contribution in [0.2, 0.25) is 0 Å². The summed E-state index contributed by atoms with van der Waals surface area (Å²) >= 11 is 0. The number of aromatic nitrogens is 1. The first-order valence-corrected chi connectivity index (χ1v) is 9.46. The number of carbonyl (C=O) groups is 1. The molecule has 0 bridgehead atoms. The van der Waals surface area contributed by atoms with Crippen molar-refractivity contribution in [3.05, 3.63) is 68.7 Å². The van der Waals surface area contributed by atoms with Gasteiger partial charge in [-0.3, -0.25) is 24.4 Å². The van der Waals surface area contributed by atoms with Crippen LogP contribution in [0.4, 0.5) is 11.4 Å². The van der Waals surface area contributed by atoms with Crippen molar-refractivity contribution in [2.75, 3.05) is 31.6 Å². The highest BCUT2D eigenvalue weighted by Crippen LogP contribution is 2.20. The Labute approximate surface area is 170 Å². The fourth-order valence-corrected chi connectivity index (χ4v) is 3.43. The number of benzene rings is 2. The average molecular weight is 412 g/mol. The topological polar surface area (TPSA) is 120 Å². The van der Waals surface area contributed by atoms with Crippen LogP contribution in [-0.4, -0.2) is 46.6 Å². The van der Waals surface area contributed by atoms with Gasteiger partial charge < -0.3 is 14.5 Å². The van der Waals surface area contributed by atoms with Crippen molar-refractivity contribution in [3.63, 3.8) is 0 Å². The van der Waals surface area contributed by atoms with Crippen molar-refractivity contribution in [1.82, 2.24) is 9.47 Å². The average Bonchev–Trinajstić information content (AvgIpc) is 3.03. The summed E-state index contributed by atoms with van der Waals surface area (Å²) in [5.74, 6) is -1.15. The standard InChI is InChI=1S/C20H20N4O6/c25-19(13-23-17-5-4-16(24(27)28)11-18(17)30-20(23)26)21-15-3-1-2-14(10-15)12-22-6-8-29-9-7-22/h1-5,10-11H,6-9,12-13H2,(H,21,25). The summed E-state index contributed by atoms with van der Waals surface area (Å²) in [6, 6.07) is 11.4. The molecule has 0 radical (unpaired) electrons. The van der Waals surface area contributed by atoms with E-state index in [1.165, 1.54) is 18.2 Å². The summed E-state index contributed by atoms with van der Waals surface area (Å²) in [6.07, 6.45) is 0. The minimum Gasteiger partial charge on any atom is -0.407 e. The fraction of sp³-hybridized carbons (Fsp3) is 0.300. The van der Waals surface area contributed by atoms with Crippen molar-refractivity contribution in [3.8, 4) is 0 Å². The first kappa shape index (κ1) is 19.8. The van der Waals surface area contributed by atoms with Crippen LogP contribution in [0.5, 0.6) is 0 Å². The molecular weight excluding hydrogens is 392 g/mol. The molecule has 10 heteroatoms. The fourth-order valence-electron chi connectivity index (χ4n) is 3.43. The lowest BCUT2D eigenvalue weighted by molar-refractivity contribution is -0.384. The number of morpholine rings is 1. The molecule has 10 nitrogen and oxygen atoms in total. The summed E-state index contributed by atoms with van der Waals surface area (Å²) in [5.41, 5.74) is 1.89. The molecule has 1 aliphatic heterocycles. The predicted molar refractivity (Wildman–Crippen MR) is 108 cm³/mol. The molecule has 1 aromatic heterocycles. The van der Waals surface area contributed by atoms with Crippen LogP contribution >= 0.6 is 0 Å². The lowest BCUT2D eigenvalue weighted by Gasteiger charge is -2.26. The molecule has 2 aromatic carbocycles. The van der Waals surface area contributed by atoms with Gasteiger partial charge in [-0.1, -0.05) is 12.1 Å². The molecule has 4 rings (SSSR count). The number of non-ortho nitro benzene ring substituents is 1. The molecule has 0 aliphatic carbocycles. The minimum atomic E-state index is -0.748. The number of hydrogen-bond acceptors (Lipinski definition) is 7. The van der Waals surface area contributed by atoms with E-state index in [0.717, 1.165) is 29.8 Å². The highest BCUT2D eigenvalue weighted by molar-refractivity contribution is 5.91. The molecule has 0 atom stereocenters. The highest BCUT2D eigenvalue weighted by Gasteiger charge is 2.16. The number of nitrogens with one attached hydrogen (secondary N) is 1. The van der Waals surface area contributed by atoms with E-state index < -0.39 is 16.6 Å². The summed E-state index contributed by atoms with van der Waals surface area (Å²) in [5, 5.41) is 13.7. The quantitative estimate of drug-likeness (QED) is 0.485. The number of anilines is 1. The Balaban J connectivity index is 1.46. The first-order chi connectivity index (χ1) is 14.5. The van der Waals surface area contributed by atoms with E-state index >= 15 is 0 Å². The number of amides is 1. The molecular formula is C20H20N4O6. The third-order valence-corrected chi connectivity index (χ3v) is 4.89. The van der Waals surface area contributed by atoms with E-state index in [1.54, 1.807) is 6.07 Å². The minimum absolute atomic E-state index is 0.0644. The Morgan fingerprint density at radius 3 is 2.73 bits per heavy atom. The van der Waals surface area contributed by atoms with Gasteiger partial charge in [0.25, 0.3) is 5.69 Å². The maximum atomic E-state index is 12.5.